The highest BCUT2D eigenvalue weighted by Crippen LogP contribution is 2.11. The van der Waals surface area contributed by atoms with Crippen molar-refractivity contribution in [2.75, 3.05) is 31.4 Å². The van der Waals surface area contributed by atoms with E-state index >= 15 is 0 Å². The Morgan fingerprint density at radius 1 is 1.47 bits per heavy atom. The molecule has 1 N–H and O–H groups in total. The van der Waals surface area contributed by atoms with Crippen LogP contribution in [0.4, 0.5) is 0 Å². The predicted octanol–water partition coefficient (Wildman–Crippen LogP) is 0.772. The molecule has 15 heavy (non-hydrogen) atoms. The third-order valence-corrected chi connectivity index (χ3v) is 5.05. The highest BCUT2D eigenvalue weighted by atomic mass is 32.2. The zero-order valence-electron chi connectivity index (χ0n) is 9.64. The maximum Gasteiger partial charge on any atom is 0.214 e. The van der Waals surface area contributed by atoms with E-state index in [1.54, 1.807) is 18.8 Å². The van der Waals surface area contributed by atoms with Crippen LogP contribution < -0.4 is 0 Å². The van der Waals surface area contributed by atoms with Crippen LogP contribution in [-0.2, 0) is 10.0 Å². The van der Waals surface area contributed by atoms with E-state index in [2.05, 4.69) is 0 Å². The van der Waals surface area contributed by atoms with Crippen LogP contribution in [0.15, 0.2) is 0 Å². The molecule has 0 spiro atoms. The molecule has 0 aromatic carbocycles. The average molecular weight is 255 g/mol. The molecule has 6 heteroatoms. The van der Waals surface area contributed by atoms with Gasteiger partial charge in [0.1, 0.15) is 0 Å². The first kappa shape index (κ1) is 15.2. The lowest BCUT2D eigenvalue weighted by molar-refractivity contribution is 0.293. The molecule has 0 radical (unpaired) electrons. The zero-order valence-corrected chi connectivity index (χ0v) is 11.3. The second kappa shape index (κ2) is 7.49. The van der Waals surface area contributed by atoms with E-state index in [0.29, 0.717) is 6.42 Å². The molecule has 1 atom stereocenters. The van der Waals surface area contributed by atoms with Crippen LogP contribution in [0.2, 0.25) is 0 Å². The first-order chi connectivity index (χ1) is 6.95. The van der Waals surface area contributed by atoms with Crippen molar-refractivity contribution in [2.24, 2.45) is 0 Å². The first-order valence-corrected chi connectivity index (χ1v) is 8.01. The van der Waals surface area contributed by atoms with E-state index in [9.17, 15) is 8.42 Å². The van der Waals surface area contributed by atoms with Gasteiger partial charge in [0.25, 0.3) is 0 Å². The first-order valence-electron chi connectivity index (χ1n) is 5.01. The van der Waals surface area contributed by atoms with Gasteiger partial charge in [-0.3, -0.25) is 0 Å². The Hall–Kier alpha value is 0.220. The summed E-state index contributed by atoms with van der Waals surface area (Å²) in [5.41, 5.74) is 0. The van der Waals surface area contributed by atoms with Gasteiger partial charge in [-0.15, -0.1) is 0 Å². The van der Waals surface area contributed by atoms with E-state index in [4.69, 9.17) is 5.11 Å². The Balaban J connectivity index is 4.21. The number of rotatable bonds is 8. The minimum absolute atomic E-state index is 0.0288. The molecule has 92 valence electrons. The predicted molar refractivity (Wildman–Crippen MR) is 65.7 cm³/mol. The van der Waals surface area contributed by atoms with Gasteiger partial charge in [0.2, 0.25) is 10.0 Å². The molecule has 0 heterocycles. The summed E-state index contributed by atoms with van der Waals surface area (Å²) in [6.45, 7) is 1.83. The van der Waals surface area contributed by atoms with Crippen molar-refractivity contribution in [3.05, 3.63) is 0 Å². The Labute approximate surface area is 97.1 Å². The van der Waals surface area contributed by atoms with Crippen molar-refractivity contribution in [1.82, 2.24) is 4.31 Å². The van der Waals surface area contributed by atoms with Crippen molar-refractivity contribution >= 4 is 21.8 Å². The summed E-state index contributed by atoms with van der Waals surface area (Å²) in [5.74, 6) is 0.991. The zero-order chi connectivity index (χ0) is 11.9. The standard InChI is InChI=1S/C9H21NO3S2/c1-9(5-7-14-3)10(2)15(12,13)8-4-6-11/h9,11H,4-8H2,1-3H3. The van der Waals surface area contributed by atoms with Gasteiger partial charge >= 0.3 is 0 Å². The van der Waals surface area contributed by atoms with Crippen LogP contribution >= 0.6 is 11.8 Å². The Morgan fingerprint density at radius 3 is 2.53 bits per heavy atom. The minimum Gasteiger partial charge on any atom is -0.396 e. The van der Waals surface area contributed by atoms with Gasteiger partial charge in [-0.05, 0) is 31.8 Å². The molecule has 0 bridgehead atoms. The monoisotopic (exact) mass is 255 g/mol. The van der Waals surface area contributed by atoms with Crippen molar-refractivity contribution in [1.29, 1.82) is 0 Å². The molecule has 0 fully saturated rings. The Bertz CT molecular complexity index is 254. The lowest BCUT2D eigenvalue weighted by atomic mass is 10.3. The molecule has 0 aliphatic heterocycles. The van der Waals surface area contributed by atoms with Gasteiger partial charge < -0.3 is 5.11 Å². The van der Waals surface area contributed by atoms with Gasteiger partial charge in [-0.1, -0.05) is 0 Å². The topological polar surface area (TPSA) is 57.6 Å². The molecule has 0 rings (SSSR count). The SMILES string of the molecule is CSCCC(C)N(C)S(=O)(=O)CCCO. The molecular weight excluding hydrogens is 234 g/mol. The Morgan fingerprint density at radius 2 is 2.07 bits per heavy atom. The number of aliphatic hydroxyl groups is 1. The smallest absolute Gasteiger partial charge is 0.214 e. The molecule has 0 amide bonds. The third-order valence-electron chi connectivity index (χ3n) is 2.36. The molecule has 0 aromatic rings. The number of thioether (sulfide) groups is 1. The van der Waals surface area contributed by atoms with Crippen LogP contribution in [0.3, 0.4) is 0 Å². The van der Waals surface area contributed by atoms with E-state index < -0.39 is 10.0 Å². The van der Waals surface area contributed by atoms with Gasteiger partial charge in [0, 0.05) is 19.7 Å². The fourth-order valence-corrected chi connectivity index (χ4v) is 3.15. The lowest BCUT2D eigenvalue weighted by Crippen LogP contribution is -2.37. The third kappa shape index (κ3) is 5.75. The number of hydrogen-bond acceptors (Lipinski definition) is 4. The normalized spacial score (nSPS) is 14.5. The maximum absolute atomic E-state index is 11.7. The van der Waals surface area contributed by atoms with Crippen LogP contribution in [0, 0.1) is 0 Å². The molecule has 0 saturated heterocycles. The number of aliphatic hydroxyl groups excluding tert-OH is 1. The largest absolute Gasteiger partial charge is 0.396 e. The second-order valence-corrected chi connectivity index (χ2v) is 6.67. The number of hydrogen-bond donors (Lipinski definition) is 1. The van der Waals surface area contributed by atoms with Crippen molar-refractivity contribution in [2.45, 2.75) is 25.8 Å². The lowest BCUT2D eigenvalue weighted by Gasteiger charge is -2.23. The fourth-order valence-electron chi connectivity index (χ4n) is 1.14. The minimum atomic E-state index is -3.19. The summed E-state index contributed by atoms with van der Waals surface area (Å²) in [4.78, 5) is 0. The summed E-state index contributed by atoms with van der Waals surface area (Å²) in [6.07, 6.45) is 3.17. The Kier molecular flexibility index (Phi) is 7.60. The summed E-state index contributed by atoms with van der Waals surface area (Å²) in [7, 11) is -1.58. The number of nitrogens with zero attached hydrogens (tertiary/aromatic N) is 1. The number of sulfonamides is 1. The van der Waals surface area contributed by atoms with Crippen LogP contribution in [0.1, 0.15) is 19.8 Å². The highest BCUT2D eigenvalue weighted by molar-refractivity contribution is 7.98. The van der Waals surface area contributed by atoms with Crippen LogP contribution in [0.5, 0.6) is 0 Å². The van der Waals surface area contributed by atoms with Gasteiger partial charge in [0.15, 0.2) is 0 Å². The van der Waals surface area contributed by atoms with Crippen molar-refractivity contribution < 1.29 is 13.5 Å². The fraction of sp³-hybridized carbons (Fsp3) is 1.00. The van der Waals surface area contributed by atoms with E-state index in [0.717, 1.165) is 12.2 Å². The van der Waals surface area contributed by atoms with Crippen LogP contribution in [0.25, 0.3) is 0 Å². The van der Waals surface area contributed by atoms with Crippen molar-refractivity contribution in [3.63, 3.8) is 0 Å². The maximum atomic E-state index is 11.7. The van der Waals surface area contributed by atoms with E-state index in [1.807, 2.05) is 13.2 Å². The molecule has 0 aliphatic rings. The second-order valence-electron chi connectivity index (χ2n) is 3.54. The summed E-state index contributed by atoms with van der Waals surface area (Å²) in [6, 6.07) is 0.0288. The van der Waals surface area contributed by atoms with Gasteiger partial charge in [0.05, 0.1) is 5.75 Å². The van der Waals surface area contributed by atoms with E-state index in [-0.39, 0.29) is 18.4 Å². The summed E-state index contributed by atoms with van der Waals surface area (Å²) < 4.78 is 24.8. The molecular formula is C9H21NO3S2. The van der Waals surface area contributed by atoms with Crippen molar-refractivity contribution in [3.8, 4) is 0 Å². The molecule has 0 aromatic heterocycles. The summed E-state index contributed by atoms with van der Waals surface area (Å²) >= 11 is 1.71. The molecule has 0 saturated carbocycles. The molecule has 1 unspecified atom stereocenters. The molecule has 4 nitrogen and oxygen atoms in total. The highest BCUT2D eigenvalue weighted by Gasteiger charge is 2.21. The average Bonchev–Trinajstić information content (AvgIpc) is 2.21. The quantitative estimate of drug-likeness (QED) is 0.696. The van der Waals surface area contributed by atoms with Gasteiger partial charge in [-0.25, -0.2) is 12.7 Å². The molecule has 0 aliphatic carbocycles. The van der Waals surface area contributed by atoms with Gasteiger partial charge in [-0.2, -0.15) is 11.8 Å². The van der Waals surface area contributed by atoms with E-state index in [1.165, 1.54) is 4.31 Å². The van der Waals surface area contributed by atoms with Crippen LogP contribution in [-0.4, -0.2) is 55.3 Å². The summed E-state index contributed by atoms with van der Waals surface area (Å²) in [5, 5.41) is 8.61.